The van der Waals surface area contributed by atoms with Gasteiger partial charge in [0.05, 0.1) is 9.82 Å². The van der Waals surface area contributed by atoms with Crippen LogP contribution in [0.1, 0.15) is 10.4 Å². The highest BCUT2D eigenvalue weighted by atomic mass is 32.2. The van der Waals surface area contributed by atoms with Gasteiger partial charge in [-0.3, -0.25) is 19.6 Å². The first-order chi connectivity index (χ1) is 15.7. The molecule has 0 saturated heterocycles. The van der Waals surface area contributed by atoms with E-state index in [9.17, 15) is 28.4 Å². The zero-order chi connectivity index (χ0) is 23.6. The van der Waals surface area contributed by atoms with Gasteiger partial charge >= 0.3 is 5.69 Å². The molecule has 0 bridgehead atoms. The quantitative estimate of drug-likeness (QED) is 0.284. The van der Waals surface area contributed by atoms with Gasteiger partial charge in [-0.25, -0.2) is 8.42 Å². The maximum absolute atomic E-state index is 12.6. The molecule has 10 heteroatoms. The number of carbonyl (C=O) groups excluding carboxylic acids is 1. The molecule has 3 N–H and O–H groups in total. The summed E-state index contributed by atoms with van der Waals surface area (Å²) in [6.45, 7) is 0. The molecule has 166 valence electrons. The molecule has 0 atom stereocenters. The molecule has 0 aliphatic rings. The summed E-state index contributed by atoms with van der Waals surface area (Å²) in [5.74, 6) is -1.01. The molecule has 0 spiro atoms. The third kappa shape index (κ3) is 4.75. The van der Waals surface area contributed by atoms with E-state index in [4.69, 9.17) is 0 Å². The van der Waals surface area contributed by atoms with E-state index < -0.39 is 26.4 Å². The van der Waals surface area contributed by atoms with Gasteiger partial charge in [-0.15, -0.1) is 0 Å². The molecule has 33 heavy (non-hydrogen) atoms. The number of benzene rings is 4. The average Bonchev–Trinajstić information content (AvgIpc) is 2.79. The van der Waals surface area contributed by atoms with Gasteiger partial charge in [0, 0.05) is 23.0 Å². The lowest BCUT2D eigenvalue weighted by atomic mass is 10.1. The zero-order valence-electron chi connectivity index (χ0n) is 16.9. The molecule has 0 aliphatic carbocycles. The first-order valence-corrected chi connectivity index (χ1v) is 11.1. The molecular weight excluding hydrogens is 446 g/mol. The summed E-state index contributed by atoms with van der Waals surface area (Å²) in [4.78, 5) is 22.3. The Morgan fingerprint density at radius 1 is 0.848 bits per heavy atom. The summed E-state index contributed by atoms with van der Waals surface area (Å²) in [5, 5.41) is 25.3. The van der Waals surface area contributed by atoms with Crippen molar-refractivity contribution in [3.63, 3.8) is 0 Å². The van der Waals surface area contributed by atoms with Gasteiger partial charge < -0.3 is 10.4 Å². The van der Waals surface area contributed by atoms with Crippen LogP contribution in [0.5, 0.6) is 5.75 Å². The average molecular weight is 463 g/mol. The molecule has 0 saturated carbocycles. The molecule has 0 unspecified atom stereocenters. The SMILES string of the molecule is O=C(Nc1ccc2ccccc2c1)c1ccc(NS(=O)(=O)c2ccc(O)c([N+](=O)[O-])c2)cc1. The second-order valence-corrected chi connectivity index (χ2v) is 8.79. The van der Waals surface area contributed by atoms with Crippen molar-refractivity contribution in [1.82, 2.24) is 0 Å². The van der Waals surface area contributed by atoms with Crippen molar-refractivity contribution in [1.29, 1.82) is 0 Å². The number of nitrogens with zero attached hydrogens (tertiary/aromatic N) is 1. The van der Waals surface area contributed by atoms with E-state index in [1.165, 1.54) is 24.3 Å². The number of nitro benzene ring substituents is 1. The largest absolute Gasteiger partial charge is 0.502 e. The number of amides is 1. The molecule has 0 heterocycles. The molecule has 1 amide bonds. The first kappa shape index (κ1) is 21.8. The molecule has 0 radical (unpaired) electrons. The molecular formula is C23H17N3O6S. The van der Waals surface area contributed by atoms with Crippen molar-refractivity contribution >= 4 is 43.8 Å². The van der Waals surface area contributed by atoms with E-state index in [1.54, 1.807) is 6.07 Å². The molecule has 0 aliphatic heterocycles. The van der Waals surface area contributed by atoms with Crippen LogP contribution in [0.25, 0.3) is 10.8 Å². The van der Waals surface area contributed by atoms with Gasteiger partial charge in [0.1, 0.15) is 0 Å². The van der Waals surface area contributed by atoms with Crippen LogP contribution < -0.4 is 10.0 Å². The number of hydrogen-bond donors (Lipinski definition) is 3. The fraction of sp³-hybridized carbons (Fsp3) is 0. The monoisotopic (exact) mass is 463 g/mol. The van der Waals surface area contributed by atoms with Crippen LogP contribution in [0.2, 0.25) is 0 Å². The maximum atomic E-state index is 12.6. The van der Waals surface area contributed by atoms with Crippen molar-refractivity contribution in [2.24, 2.45) is 0 Å². The molecule has 4 aromatic rings. The minimum absolute atomic E-state index is 0.160. The van der Waals surface area contributed by atoms with E-state index in [0.29, 0.717) is 11.3 Å². The molecule has 9 nitrogen and oxygen atoms in total. The summed E-state index contributed by atoms with van der Waals surface area (Å²) in [6.07, 6.45) is 0. The lowest BCUT2D eigenvalue weighted by Gasteiger charge is -2.10. The summed E-state index contributed by atoms with van der Waals surface area (Å²) in [6, 6.07) is 21.8. The van der Waals surface area contributed by atoms with Crippen LogP contribution >= 0.6 is 0 Å². The molecule has 4 rings (SSSR count). The predicted octanol–water partition coefficient (Wildman–Crippen LogP) is 4.51. The van der Waals surface area contributed by atoms with E-state index >= 15 is 0 Å². The summed E-state index contributed by atoms with van der Waals surface area (Å²) < 4.78 is 27.4. The van der Waals surface area contributed by atoms with Crippen molar-refractivity contribution in [3.05, 3.63) is 101 Å². The number of rotatable bonds is 6. The van der Waals surface area contributed by atoms with Gasteiger partial charge in [0.25, 0.3) is 15.9 Å². The van der Waals surface area contributed by atoms with E-state index in [2.05, 4.69) is 10.0 Å². The maximum Gasteiger partial charge on any atom is 0.312 e. The van der Waals surface area contributed by atoms with Gasteiger partial charge in [-0.1, -0.05) is 30.3 Å². The number of fused-ring (bicyclic) bond motifs is 1. The molecule has 0 fully saturated rings. The highest BCUT2D eigenvalue weighted by Gasteiger charge is 2.21. The van der Waals surface area contributed by atoms with Crippen LogP contribution in [0.3, 0.4) is 0 Å². The van der Waals surface area contributed by atoms with Crippen molar-refractivity contribution in [2.75, 3.05) is 10.0 Å². The first-order valence-electron chi connectivity index (χ1n) is 9.63. The number of aromatic hydroxyl groups is 1. The minimum atomic E-state index is -4.15. The Kier molecular flexibility index (Phi) is 5.67. The van der Waals surface area contributed by atoms with Crippen LogP contribution in [0.15, 0.2) is 89.8 Å². The van der Waals surface area contributed by atoms with Crippen molar-refractivity contribution in [2.45, 2.75) is 4.90 Å². The highest BCUT2D eigenvalue weighted by molar-refractivity contribution is 7.92. The summed E-state index contributed by atoms with van der Waals surface area (Å²) in [5.41, 5.74) is 0.371. The molecule has 0 aromatic heterocycles. The number of carbonyl (C=O) groups is 1. The van der Waals surface area contributed by atoms with Gasteiger partial charge in [0.2, 0.25) is 0 Å². The Morgan fingerprint density at radius 2 is 1.52 bits per heavy atom. The lowest BCUT2D eigenvalue weighted by Crippen LogP contribution is -2.14. The van der Waals surface area contributed by atoms with E-state index in [1.807, 2.05) is 36.4 Å². The Balaban J connectivity index is 1.49. The smallest absolute Gasteiger partial charge is 0.312 e. The fourth-order valence-corrected chi connectivity index (χ4v) is 4.27. The van der Waals surface area contributed by atoms with Crippen LogP contribution in [0.4, 0.5) is 17.1 Å². The number of hydrogen-bond acceptors (Lipinski definition) is 6. The summed E-state index contributed by atoms with van der Waals surface area (Å²) in [7, 11) is -4.15. The Labute approximate surface area is 188 Å². The van der Waals surface area contributed by atoms with Crippen LogP contribution in [0, 0.1) is 10.1 Å². The third-order valence-corrected chi connectivity index (χ3v) is 6.24. The van der Waals surface area contributed by atoms with Crippen molar-refractivity contribution in [3.8, 4) is 5.75 Å². The third-order valence-electron chi connectivity index (χ3n) is 4.86. The number of nitro groups is 1. The topological polar surface area (TPSA) is 139 Å². The number of sulfonamides is 1. The summed E-state index contributed by atoms with van der Waals surface area (Å²) >= 11 is 0. The standard InChI is InChI=1S/C23H17N3O6S/c27-22-12-11-20(14-21(22)26(29)30)33(31,32)25-18-8-6-16(7-9-18)23(28)24-19-10-5-15-3-1-2-4-17(15)13-19/h1-14,25,27H,(H,24,28). The predicted molar refractivity (Wildman–Crippen MR) is 124 cm³/mol. The van der Waals surface area contributed by atoms with E-state index in [-0.39, 0.29) is 16.5 Å². The van der Waals surface area contributed by atoms with E-state index in [0.717, 1.165) is 29.0 Å². The van der Waals surface area contributed by atoms with Crippen molar-refractivity contribution < 1.29 is 23.2 Å². The zero-order valence-corrected chi connectivity index (χ0v) is 17.7. The Hall–Kier alpha value is -4.44. The fourth-order valence-electron chi connectivity index (χ4n) is 3.19. The number of phenols is 1. The van der Waals surface area contributed by atoms with Crippen LogP contribution in [-0.2, 0) is 10.0 Å². The van der Waals surface area contributed by atoms with Gasteiger partial charge in [-0.05, 0) is 59.3 Å². The Morgan fingerprint density at radius 3 is 2.21 bits per heavy atom. The van der Waals surface area contributed by atoms with Gasteiger partial charge in [0.15, 0.2) is 5.75 Å². The number of phenolic OH excluding ortho intramolecular Hbond substituents is 1. The number of nitrogens with one attached hydrogen (secondary N) is 2. The van der Waals surface area contributed by atoms with Gasteiger partial charge in [-0.2, -0.15) is 0 Å². The second-order valence-electron chi connectivity index (χ2n) is 7.11. The second kappa shape index (κ2) is 8.60. The van der Waals surface area contributed by atoms with Crippen LogP contribution in [-0.4, -0.2) is 24.4 Å². The minimum Gasteiger partial charge on any atom is -0.502 e. The number of anilines is 2. The Bertz CT molecular complexity index is 1480. The lowest BCUT2D eigenvalue weighted by molar-refractivity contribution is -0.386. The normalized spacial score (nSPS) is 11.2. The molecule has 4 aromatic carbocycles. The highest BCUT2D eigenvalue weighted by Crippen LogP contribution is 2.29.